The summed E-state index contributed by atoms with van der Waals surface area (Å²) in [6.45, 7) is 1.78. The van der Waals surface area contributed by atoms with Crippen LogP contribution in [-0.2, 0) is 12.7 Å². The van der Waals surface area contributed by atoms with Crippen LogP contribution in [-0.4, -0.2) is 15.6 Å². The first kappa shape index (κ1) is 13.5. The maximum atomic E-state index is 12.9. The number of hydrogen-bond donors (Lipinski definition) is 1. The van der Waals surface area contributed by atoms with E-state index in [0.717, 1.165) is 10.6 Å². The van der Waals surface area contributed by atoms with E-state index in [1.165, 1.54) is 18.5 Å². The third kappa shape index (κ3) is 2.60. The summed E-state index contributed by atoms with van der Waals surface area (Å²) in [5.41, 5.74) is 3.88. The van der Waals surface area contributed by atoms with Gasteiger partial charge in [0.25, 0.3) is 5.56 Å². The topological polar surface area (TPSA) is 60.9 Å². The van der Waals surface area contributed by atoms with Crippen LogP contribution in [0.4, 0.5) is 13.2 Å². The van der Waals surface area contributed by atoms with Crippen molar-refractivity contribution in [3.8, 4) is 0 Å². The van der Waals surface area contributed by atoms with Gasteiger partial charge in [-0.25, -0.2) is 4.98 Å². The standard InChI is InChI=1S/C12H12F3N3O/c1-7(16)5-18-6-17-9-4-2-3-8(12(13,14)15)10(9)11(18)19/h2-4,6-7H,5,16H2,1H3. The van der Waals surface area contributed by atoms with E-state index in [9.17, 15) is 18.0 Å². The Morgan fingerprint density at radius 2 is 2.11 bits per heavy atom. The van der Waals surface area contributed by atoms with Gasteiger partial charge in [0.05, 0.1) is 22.8 Å². The Labute approximate surface area is 106 Å². The molecule has 1 atom stereocenters. The fraction of sp³-hybridized carbons (Fsp3) is 0.333. The highest BCUT2D eigenvalue weighted by Gasteiger charge is 2.33. The zero-order valence-corrected chi connectivity index (χ0v) is 10.1. The minimum atomic E-state index is -4.59. The smallest absolute Gasteiger partial charge is 0.326 e. The number of nitrogens with two attached hydrogens (primary N) is 1. The van der Waals surface area contributed by atoms with E-state index >= 15 is 0 Å². The number of rotatable bonds is 2. The van der Waals surface area contributed by atoms with Crippen LogP contribution in [0.2, 0.25) is 0 Å². The lowest BCUT2D eigenvalue weighted by molar-refractivity contribution is -0.136. The van der Waals surface area contributed by atoms with Gasteiger partial charge in [-0.1, -0.05) is 6.07 Å². The molecule has 102 valence electrons. The third-order valence-electron chi connectivity index (χ3n) is 2.64. The summed E-state index contributed by atoms with van der Waals surface area (Å²) in [7, 11) is 0. The maximum absolute atomic E-state index is 12.9. The molecule has 2 rings (SSSR count). The molecular formula is C12H12F3N3O. The van der Waals surface area contributed by atoms with E-state index in [1.54, 1.807) is 6.92 Å². The zero-order valence-electron chi connectivity index (χ0n) is 10.1. The van der Waals surface area contributed by atoms with Crippen LogP contribution >= 0.6 is 0 Å². The minimum Gasteiger partial charge on any atom is -0.326 e. The van der Waals surface area contributed by atoms with E-state index in [2.05, 4.69) is 4.98 Å². The summed E-state index contributed by atoms with van der Waals surface area (Å²) in [4.78, 5) is 16.0. The van der Waals surface area contributed by atoms with Crippen LogP contribution in [0.15, 0.2) is 29.3 Å². The van der Waals surface area contributed by atoms with Gasteiger partial charge in [0.15, 0.2) is 0 Å². The van der Waals surface area contributed by atoms with E-state index in [4.69, 9.17) is 5.73 Å². The van der Waals surface area contributed by atoms with Gasteiger partial charge in [0.1, 0.15) is 0 Å². The van der Waals surface area contributed by atoms with Crippen molar-refractivity contribution < 1.29 is 13.2 Å². The fourth-order valence-corrected chi connectivity index (χ4v) is 1.88. The zero-order chi connectivity index (χ0) is 14.2. The predicted molar refractivity (Wildman–Crippen MR) is 64.7 cm³/mol. The van der Waals surface area contributed by atoms with Crippen LogP contribution in [0.5, 0.6) is 0 Å². The lowest BCUT2D eigenvalue weighted by atomic mass is 10.1. The molecule has 1 aromatic heterocycles. The van der Waals surface area contributed by atoms with Gasteiger partial charge in [-0.15, -0.1) is 0 Å². The Morgan fingerprint density at radius 1 is 1.42 bits per heavy atom. The van der Waals surface area contributed by atoms with Crippen molar-refractivity contribution in [3.05, 3.63) is 40.4 Å². The van der Waals surface area contributed by atoms with Crippen molar-refractivity contribution in [2.24, 2.45) is 5.73 Å². The van der Waals surface area contributed by atoms with Crippen molar-refractivity contribution in [1.29, 1.82) is 0 Å². The summed E-state index contributed by atoms with van der Waals surface area (Å²) in [6, 6.07) is 3.13. The largest absolute Gasteiger partial charge is 0.417 e. The molecule has 19 heavy (non-hydrogen) atoms. The molecule has 0 aliphatic heterocycles. The first-order chi connectivity index (χ1) is 8.80. The summed E-state index contributed by atoms with van der Waals surface area (Å²) in [5, 5.41) is -0.418. The first-order valence-corrected chi connectivity index (χ1v) is 5.61. The highest BCUT2D eigenvalue weighted by atomic mass is 19.4. The Morgan fingerprint density at radius 3 is 2.68 bits per heavy atom. The highest BCUT2D eigenvalue weighted by Crippen LogP contribution is 2.32. The average Bonchev–Trinajstić information content (AvgIpc) is 2.30. The molecule has 0 aliphatic rings. The molecule has 1 heterocycles. The number of aromatic nitrogens is 2. The Kier molecular flexibility index (Phi) is 3.32. The van der Waals surface area contributed by atoms with Crippen LogP contribution < -0.4 is 11.3 Å². The monoisotopic (exact) mass is 271 g/mol. The number of nitrogens with zero attached hydrogens (tertiary/aromatic N) is 2. The van der Waals surface area contributed by atoms with Gasteiger partial charge < -0.3 is 5.73 Å². The number of hydrogen-bond acceptors (Lipinski definition) is 3. The second-order valence-corrected chi connectivity index (χ2v) is 4.38. The molecule has 0 radical (unpaired) electrons. The van der Waals surface area contributed by atoms with Crippen molar-refractivity contribution >= 4 is 10.9 Å². The van der Waals surface area contributed by atoms with Gasteiger partial charge in [0, 0.05) is 12.6 Å². The molecule has 2 aromatic rings. The molecule has 0 bridgehead atoms. The van der Waals surface area contributed by atoms with Crippen LogP contribution in [0.1, 0.15) is 12.5 Å². The second-order valence-electron chi connectivity index (χ2n) is 4.38. The molecule has 0 saturated heterocycles. The van der Waals surface area contributed by atoms with Crippen molar-refractivity contribution in [2.75, 3.05) is 0 Å². The normalized spacial score (nSPS) is 13.7. The van der Waals surface area contributed by atoms with Gasteiger partial charge in [-0.05, 0) is 19.1 Å². The Bertz CT molecular complexity index is 661. The van der Waals surface area contributed by atoms with E-state index in [0.29, 0.717) is 0 Å². The average molecular weight is 271 g/mol. The predicted octanol–water partition coefficient (Wildman–Crippen LogP) is 1.76. The molecule has 7 heteroatoms. The molecule has 1 unspecified atom stereocenters. The van der Waals surface area contributed by atoms with Crippen LogP contribution in [0.25, 0.3) is 10.9 Å². The highest BCUT2D eigenvalue weighted by molar-refractivity contribution is 5.81. The van der Waals surface area contributed by atoms with Crippen molar-refractivity contribution in [3.63, 3.8) is 0 Å². The van der Waals surface area contributed by atoms with Crippen molar-refractivity contribution in [1.82, 2.24) is 9.55 Å². The Balaban J connectivity index is 2.76. The van der Waals surface area contributed by atoms with Crippen molar-refractivity contribution in [2.45, 2.75) is 25.7 Å². The summed E-state index contributed by atoms with van der Waals surface area (Å²) in [6.07, 6.45) is -3.37. The van der Waals surface area contributed by atoms with Gasteiger partial charge >= 0.3 is 6.18 Å². The molecule has 0 saturated carbocycles. The summed E-state index contributed by atoms with van der Waals surface area (Å²) in [5.74, 6) is 0. The molecule has 1 aromatic carbocycles. The van der Waals surface area contributed by atoms with Gasteiger partial charge in [0.2, 0.25) is 0 Å². The first-order valence-electron chi connectivity index (χ1n) is 5.61. The SMILES string of the molecule is CC(N)Cn1cnc2cccc(C(F)(F)F)c2c1=O. The molecule has 0 fully saturated rings. The number of alkyl halides is 3. The second kappa shape index (κ2) is 4.65. The lowest BCUT2D eigenvalue weighted by Gasteiger charge is -2.12. The summed E-state index contributed by atoms with van der Waals surface area (Å²) < 4.78 is 39.8. The quantitative estimate of drug-likeness (QED) is 0.905. The Hall–Kier alpha value is -1.89. The van der Waals surface area contributed by atoms with E-state index in [1.807, 2.05) is 0 Å². The number of fused-ring (bicyclic) bond motifs is 1. The fourth-order valence-electron chi connectivity index (χ4n) is 1.88. The van der Waals surface area contributed by atoms with Crippen LogP contribution in [0.3, 0.4) is 0 Å². The summed E-state index contributed by atoms with van der Waals surface area (Å²) >= 11 is 0. The van der Waals surface area contributed by atoms with Crippen LogP contribution in [0, 0.1) is 0 Å². The molecular weight excluding hydrogens is 259 g/mol. The number of halogens is 3. The maximum Gasteiger partial charge on any atom is 0.417 e. The van der Waals surface area contributed by atoms with E-state index < -0.39 is 22.7 Å². The molecule has 0 amide bonds. The molecule has 0 spiro atoms. The van der Waals surface area contributed by atoms with E-state index in [-0.39, 0.29) is 18.1 Å². The molecule has 0 aliphatic carbocycles. The molecule has 2 N–H and O–H groups in total. The molecule has 4 nitrogen and oxygen atoms in total. The number of benzene rings is 1. The third-order valence-corrected chi connectivity index (χ3v) is 2.64. The lowest BCUT2D eigenvalue weighted by Crippen LogP contribution is -2.31. The van der Waals surface area contributed by atoms with Gasteiger partial charge in [-0.2, -0.15) is 13.2 Å². The van der Waals surface area contributed by atoms with Gasteiger partial charge in [-0.3, -0.25) is 9.36 Å². The minimum absolute atomic E-state index is 0.0285.